The van der Waals surface area contributed by atoms with Crippen molar-refractivity contribution in [3.05, 3.63) is 21.6 Å². The smallest absolute Gasteiger partial charge is 0.287 e. The molecule has 1 N–H and O–H groups in total. The number of hydrogen-bond acceptors (Lipinski definition) is 3. The van der Waals surface area contributed by atoms with Gasteiger partial charge in [0.2, 0.25) is 0 Å². The molecule has 1 fully saturated rings. The molecule has 0 aliphatic heterocycles. The fourth-order valence-corrected chi connectivity index (χ4v) is 2.30. The molecule has 1 aliphatic rings. The van der Waals surface area contributed by atoms with Gasteiger partial charge >= 0.3 is 0 Å². The molecule has 16 heavy (non-hydrogen) atoms. The van der Waals surface area contributed by atoms with E-state index in [9.17, 15) is 4.79 Å². The van der Waals surface area contributed by atoms with Crippen LogP contribution >= 0.6 is 11.6 Å². The van der Waals surface area contributed by atoms with Gasteiger partial charge in [0.1, 0.15) is 5.02 Å². The van der Waals surface area contributed by atoms with Crippen LogP contribution in [0.2, 0.25) is 5.02 Å². The predicted molar refractivity (Wildman–Crippen MR) is 65.0 cm³/mol. The van der Waals surface area contributed by atoms with E-state index in [-0.39, 0.29) is 10.6 Å². The van der Waals surface area contributed by atoms with Crippen LogP contribution in [0.3, 0.4) is 0 Å². The lowest BCUT2D eigenvalue weighted by Crippen LogP contribution is -2.26. The standard InChI is InChI=1S/C11H16ClN3O/c1-15-11(16)10(12)9(7-13-15)14-8-5-3-2-4-6-8/h7-8,14H,2-6H2,1H3. The van der Waals surface area contributed by atoms with E-state index in [1.165, 1.54) is 23.9 Å². The van der Waals surface area contributed by atoms with Gasteiger partial charge in [0.15, 0.2) is 0 Å². The average molecular weight is 242 g/mol. The van der Waals surface area contributed by atoms with E-state index in [1.54, 1.807) is 13.2 Å². The third kappa shape index (κ3) is 2.38. The van der Waals surface area contributed by atoms with Crippen molar-refractivity contribution < 1.29 is 0 Å². The number of aromatic nitrogens is 2. The van der Waals surface area contributed by atoms with Gasteiger partial charge in [-0.05, 0) is 12.8 Å². The number of rotatable bonds is 2. The maximum Gasteiger partial charge on any atom is 0.287 e. The second kappa shape index (κ2) is 4.87. The molecule has 1 aliphatic carbocycles. The molecular formula is C11H16ClN3O. The van der Waals surface area contributed by atoms with Crippen LogP contribution in [0.15, 0.2) is 11.0 Å². The van der Waals surface area contributed by atoms with Crippen LogP contribution in [-0.2, 0) is 7.05 Å². The van der Waals surface area contributed by atoms with Crippen LogP contribution in [0.5, 0.6) is 0 Å². The van der Waals surface area contributed by atoms with Crippen LogP contribution in [0.1, 0.15) is 32.1 Å². The first-order valence-corrected chi connectivity index (χ1v) is 6.04. The molecule has 0 unspecified atom stereocenters. The topological polar surface area (TPSA) is 46.9 Å². The number of nitrogens with zero attached hydrogens (tertiary/aromatic N) is 2. The molecule has 1 heterocycles. The van der Waals surface area contributed by atoms with Gasteiger partial charge in [0.05, 0.1) is 11.9 Å². The Hall–Kier alpha value is -1.03. The molecule has 1 aromatic rings. The van der Waals surface area contributed by atoms with E-state index in [0.717, 1.165) is 12.8 Å². The SMILES string of the molecule is Cn1ncc(NC2CCCCC2)c(Cl)c1=O. The quantitative estimate of drug-likeness (QED) is 0.863. The highest BCUT2D eigenvalue weighted by molar-refractivity contribution is 6.32. The monoisotopic (exact) mass is 241 g/mol. The molecule has 5 heteroatoms. The zero-order valence-corrected chi connectivity index (χ0v) is 10.1. The highest BCUT2D eigenvalue weighted by Crippen LogP contribution is 2.23. The Labute approximate surface area is 99.6 Å². The van der Waals surface area contributed by atoms with Gasteiger partial charge in [-0.2, -0.15) is 5.10 Å². The van der Waals surface area contributed by atoms with Crippen molar-refractivity contribution in [2.24, 2.45) is 7.05 Å². The van der Waals surface area contributed by atoms with E-state index in [4.69, 9.17) is 11.6 Å². The fraction of sp³-hybridized carbons (Fsp3) is 0.636. The summed E-state index contributed by atoms with van der Waals surface area (Å²) in [5.74, 6) is 0. The second-order valence-electron chi connectivity index (χ2n) is 4.28. The Morgan fingerprint density at radius 2 is 2.12 bits per heavy atom. The fourth-order valence-electron chi connectivity index (χ4n) is 2.08. The Kier molecular flexibility index (Phi) is 3.49. The lowest BCUT2D eigenvalue weighted by molar-refractivity contribution is 0.462. The molecular weight excluding hydrogens is 226 g/mol. The highest BCUT2D eigenvalue weighted by atomic mass is 35.5. The van der Waals surface area contributed by atoms with Gasteiger partial charge in [-0.1, -0.05) is 30.9 Å². The first kappa shape index (κ1) is 11.5. The van der Waals surface area contributed by atoms with Gasteiger partial charge in [-0.3, -0.25) is 4.79 Å². The summed E-state index contributed by atoms with van der Waals surface area (Å²) in [4.78, 5) is 11.6. The molecule has 4 nitrogen and oxygen atoms in total. The van der Waals surface area contributed by atoms with Crippen molar-refractivity contribution >= 4 is 17.3 Å². The van der Waals surface area contributed by atoms with E-state index in [1.807, 2.05) is 0 Å². The van der Waals surface area contributed by atoms with Gasteiger partial charge < -0.3 is 5.32 Å². The van der Waals surface area contributed by atoms with Crippen molar-refractivity contribution in [1.29, 1.82) is 0 Å². The number of anilines is 1. The van der Waals surface area contributed by atoms with Crippen molar-refractivity contribution in [2.75, 3.05) is 5.32 Å². The van der Waals surface area contributed by atoms with Gasteiger partial charge in [0, 0.05) is 13.1 Å². The lowest BCUT2D eigenvalue weighted by Gasteiger charge is -2.24. The normalized spacial score (nSPS) is 17.4. The van der Waals surface area contributed by atoms with Crippen molar-refractivity contribution in [2.45, 2.75) is 38.1 Å². The van der Waals surface area contributed by atoms with Crippen LogP contribution in [0.4, 0.5) is 5.69 Å². The second-order valence-corrected chi connectivity index (χ2v) is 4.66. The first-order chi connectivity index (χ1) is 7.68. The van der Waals surface area contributed by atoms with Crippen molar-refractivity contribution in [1.82, 2.24) is 9.78 Å². The summed E-state index contributed by atoms with van der Waals surface area (Å²) in [6.07, 6.45) is 7.71. The lowest BCUT2D eigenvalue weighted by atomic mass is 9.95. The van der Waals surface area contributed by atoms with Gasteiger partial charge in [0.25, 0.3) is 5.56 Å². The van der Waals surface area contributed by atoms with Crippen LogP contribution in [0.25, 0.3) is 0 Å². The molecule has 88 valence electrons. The molecule has 1 saturated carbocycles. The van der Waals surface area contributed by atoms with E-state index in [2.05, 4.69) is 10.4 Å². The van der Waals surface area contributed by atoms with Crippen LogP contribution in [-0.4, -0.2) is 15.8 Å². The summed E-state index contributed by atoms with van der Waals surface area (Å²) in [6.45, 7) is 0. The van der Waals surface area contributed by atoms with E-state index in [0.29, 0.717) is 11.7 Å². The summed E-state index contributed by atoms with van der Waals surface area (Å²) in [5.41, 5.74) is 0.416. The van der Waals surface area contributed by atoms with E-state index >= 15 is 0 Å². The zero-order chi connectivity index (χ0) is 11.5. The predicted octanol–water partition coefficient (Wildman–Crippen LogP) is 2.18. The number of nitrogens with one attached hydrogen (secondary N) is 1. The third-order valence-corrected chi connectivity index (χ3v) is 3.41. The molecule has 2 rings (SSSR count). The van der Waals surface area contributed by atoms with E-state index < -0.39 is 0 Å². The Morgan fingerprint density at radius 3 is 2.81 bits per heavy atom. The number of aryl methyl sites for hydroxylation is 1. The summed E-state index contributed by atoms with van der Waals surface area (Å²) in [6, 6.07) is 0.431. The Bertz CT molecular complexity index is 424. The molecule has 0 aromatic carbocycles. The molecule has 0 amide bonds. The Balaban J connectivity index is 2.15. The number of halogens is 1. The first-order valence-electron chi connectivity index (χ1n) is 5.67. The Morgan fingerprint density at radius 1 is 1.44 bits per heavy atom. The minimum absolute atomic E-state index is 0.239. The molecule has 0 atom stereocenters. The molecule has 0 saturated heterocycles. The molecule has 0 spiro atoms. The summed E-state index contributed by atoms with van der Waals surface area (Å²) in [5, 5.41) is 7.51. The molecule has 0 radical (unpaired) electrons. The minimum Gasteiger partial charge on any atom is -0.380 e. The zero-order valence-electron chi connectivity index (χ0n) is 9.37. The van der Waals surface area contributed by atoms with Crippen LogP contribution in [0, 0.1) is 0 Å². The highest BCUT2D eigenvalue weighted by Gasteiger charge is 2.15. The average Bonchev–Trinajstić information content (AvgIpc) is 2.31. The number of hydrogen-bond donors (Lipinski definition) is 1. The maximum atomic E-state index is 11.6. The summed E-state index contributed by atoms with van der Waals surface area (Å²) < 4.78 is 1.24. The van der Waals surface area contributed by atoms with Crippen molar-refractivity contribution in [3.63, 3.8) is 0 Å². The minimum atomic E-state index is -0.248. The summed E-state index contributed by atoms with van der Waals surface area (Å²) in [7, 11) is 1.60. The molecule has 0 bridgehead atoms. The summed E-state index contributed by atoms with van der Waals surface area (Å²) >= 11 is 5.98. The molecule has 1 aromatic heterocycles. The third-order valence-electron chi connectivity index (χ3n) is 3.04. The largest absolute Gasteiger partial charge is 0.380 e. The van der Waals surface area contributed by atoms with Crippen LogP contribution < -0.4 is 10.9 Å². The van der Waals surface area contributed by atoms with Crippen molar-refractivity contribution in [3.8, 4) is 0 Å². The van der Waals surface area contributed by atoms with Gasteiger partial charge in [-0.25, -0.2) is 4.68 Å². The van der Waals surface area contributed by atoms with Gasteiger partial charge in [-0.15, -0.1) is 0 Å². The maximum absolute atomic E-state index is 11.6.